The lowest BCUT2D eigenvalue weighted by Gasteiger charge is -2.05. The van der Waals surface area contributed by atoms with Crippen molar-refractivity contribution in [1.29, 1.82) is 0 Å². The van der Waals surface area contributed by atoms with E-state index in [1.807, 2.05) is 0 Å². The highest BCUT2D eigenvalue weighted by molar-refractivity contribution is 5.95. The van der Waals surface area contributed by atoms with Crippen LogP contribution in [-0.2, 0) is 0 Å². The lowest BCUT2D eigenvalue weighted by Crippen LogP contribution is -2.14. The summed E-state index contributed by atoms with van der Waals surface area (Å²) in [5, 5.41) is 8.77. The second kappa shape index (κ2) is 4.21. The smallest absolute Gasteiger partial charge is 0.335 e. The van der Waals surface area contributed by atoms with Crippen molar-refractivity contribution in [2.24, 2.45) is 5.73 Å². The molecule has 0 aliphatic heterocycles. The molecule has 1 aromatic carbocycles. The molecule has 2 rings (SSSR count). The van der Waals surface area contributed by atoms with Crippen molar-refractivity contribution >= 4 is 17.7 Å². The minimum atomic E-state index is -1.02. The van der Waals surface area contributed by atoms with E-state index in [9.17, 15) is 9.59 Å². The number of imidazole rings is 1. The number of nitrogen functional groups attached to an aromatic ring is 1. The van der Waals surface area contributed by atoms with Crippen molar-refractivity contribution in [1.82, 2.24) is 9.55 Å². The number of hydrogen-bond acceptors (Lipinski definition) is 4. The van der Waals surface area contributed by atoms with Gasteiger partial charge < -0.3 is 16.6 Å². The van der Waals surface area contributed by atoms with Crippen LogP contribution in [0.25, 0.3) is 5.69 Å². The Hall–Kier alpha value is -2.83. The topological polar surface area (TPSA) is 124 Å². The lowest BCUT2D eigenvalue weighted by molar-refractivity contribution is 0.0696. The zero-order valence-electron chi connectivity index (χ0n) is 9.20. The van der Waals surface area contributed by atoms with Crippen molar-refractivity contribution in [3.63, 3.8) is 0 Å². The van der Waals surface area contributed by atoms with Gasteiger partial charge >= 0.3 is 5.97 Å². The average molecular weight is 246 g/mol. The van der Waals surface area contributed by atoms with Gasteiger partial charge in [-0.15, -0.1) is 0 Å². The summed E-state index contributed by atoms with van der Waals surface area (Å²) in [5.74, 6) is -1.61. The summed E-state index contributed by atoms with van der Waals surface area (Å²) in [7, 11) is 0. The molecule has 0 spiro atoms. The Morgan fingerprint density at radius 2 is 1.83 bits per heavy atom. The summed E-state index contributed by atoms with van der Waals surface area (Å²) >= 11 is 0. The highest BCUT2D eigenvalue weighted by atomic mass is 16.4. The molecule has 5 N–H and O–H groups in total. The SMILES string of the molecule is NC(=O)c1ncn(-c2ccc(C(=O)O)cc2)c1N. The number of nitrogens with two attached hydrogens (primary N) is 2. The molecular formula is C11H10N4O3. The number of aromatic carboxylic acids is 1. The highest BCUT2D eigenvalue weighted by Gasteiger charge is 2.13. The van der Waals surface area contributed by atoms with E-state index in [0.29, 0.717) is 5.69 Å². The van der Waals surface area contributed by atoms with Crippen LogP contribution in [0.1, 0.15) is 20.8 Å². The third-order valence-corrected chi connectivity index (χ3v) is 2.43. The number of carbonyl (C=O) groups excluding carboxylic acids is 1. The molecule has 0 fully saturated rings. The normalized spacial score (nSPS) is 10.2. The highest BCUT2D eigenvalue weighted by Crippen LogP contribution is 2.17. The number of carboxylic acid groups (broad SMARTS) is 1. The second-order valence-electron chi connectivity index (χ2n) is 3.56. The third kappa shape index (κ3) is 1.88. The Labute approximate surface area is 102 Å². The van der Waals surface area contributed by atoms with Crippen molar-refractivity contribution in [2.75, 3.05) is 5.73 Å². The van der Waals surface area contributed by atoms with Crippen molar-refractivity contribution in [3.8, 4) is 5.69 Å². The van der Waals surface area contributed by atoms with Crippen LogP contribution in [0, 0.1) is 0 Å². The fourth-order valence-corrected chi connectivity index (χ4v) is 1.52. The molecule has 0 atom stereocenters. The lowest BCUT2D eigenvalue weighted by atomic mass is 10.2. The maximum Gasteiger partial charge on any atom is 0.335 e. The van der Waals surface area contributed by atoms with Gasteiger partial charge in [0.25, 0.3) is 5.91 Å². The van der Waals surface area contributed by atoms with E-state index < -0.39 is 11.9 Å². The Morgan fingerprint density at radius 3 is 2.28 bits per heavy atom. The maximum absolute atomic E-state index is 11.0. The van der Waals surface area contributed by atoms with Crippen LogP contribution < -0.4 is 11.5 Å². The van der Waals surface area contributed by atoms with Gasteiger partial charge in [0.15, 0.2) is 5.69 Å². The minimum Gasteiger partial charge on any atom is -0.478 e. The van der Waals surface area contributed by atoms with Gasteiger partial charge in [0.05, 0.1) is 5.56 Å². The van der Waals surface area contributed by atoms with Crippen LogP contribution >= 0.6 is 0 Å². The number of rotatable bonds is 3. The van der Waals surface area contributed by atoms with Crippen molar-refractivity contribution in [3.05, 3.63) is 41.9 Å². The van der Waals surface area contributed by atoms with Gasteiger partial charge in [-0.3, -0.25) is 9.36 Å². The third-order valence-electron chi connectivity index (χ3n) is 2.43. The first-order chi connectivity index (χ1) is 8.50. The molecule has 1 aromatic heterocycles. The Morgan fingerprint density at radius 1 is 1.22 bits per heavy atom. The quantitative estimate of drug-likeness (QED) is 0.716. The summed E-state index contributed by atoms with van der Waals surface area (Å²) in [4.78, 5) is 25.5. The average Bonchev–Trinajstić information content (AvgIpc) is 2.71. The number of aromatic nitrogens is 2. The van der Waals surface area contributed by atoms with Gasteiger partial charge in [0.2, 0.25) is 0 Å². The Bertz CT molecular complexity index is 616. The van der Waals surface area contributed by atoms with Crippen LogP contribution in [-0.4, -0.2) is 26.5 Å². The molecule has 7 nitrogen and oxygen atoms in total. The number of anilines is 1. The second-order valence-corrected chi connectivity index (χ2v) is 3.56. The number of nitrogens with zero attached hydrogens (tertiary/aromatic N) is 2. The zero-order valence-corrected chi connectivity index (χ0v) is 9.20. The van der Waals surface area contributed by atoms with E-state index in [-0.39, 0.29) is 17.1 Å². The molecule has 92 valence electrons. The zero-order chi connectivity index (χ0) is 13.3. The van der Waals surface area contributed by atoms with Gasteiger partial charge in [-0.05, 0) is 24.3 Å². The summed E-state index contributed by atoms with van der Waals surface area (Å²) in [6.45, 7) is 0. The molecule has 0 aliphatic rings. The van der Waals surface area contributed by atoms with Crippen LogP contribution in [0.5, 0.6) is 0 Å². The largest absolute Gasteiger partial charge is 0.478 e. The first kappa shape index (κ1) is 11.6. The van der Waals surface area contributed by atoms with Gasteiger partial charge in [0, 0.05) is 5.69 Å². The predicted octanol–water partition coefficient (Wildman–Crippen LogP) is 0.252. The fourth-order valence-electron chi connectivity index (χ4n) is 1.52. The summed E-state index contributed by atoms with van der Waals surface area (Å²) in [5.41, 5.74) is 11.6. The summed E-state index contributed by atoms with van der Waals surface area (Å²) in [6, 6.07) is 5.99. The number of amides is 1. The maximum atomic E-state index is 11.0. The predicted molar refractivity (Wildman–Crippen MR) is 63.5 cm³/mol. The first-order valence-corrected chi connectivity index (χ1v) is 4.97. The van der Waals surface area contributed by atoms with E-state index >= 15 is 0 Å². The minimum absolute atomic E-state index is 0.0164. The number of benzene rings is 1. The number of carbonyl (C=O) groups is 2. The molecule has 0 aliphatic carbocycles. The van der Waals surface area contributed by atoms with Crippen LogP contribution in [0.2, 0.25) is 0 Å². The van der Waals surface area contributed by atoms with Crippen molar-refractivity contribution in [2.45, 2.75) is 0 Å². The molecule has 0 bridgehead atoms. The molecule has 2 aromatic rings. The summed E-state index contributed by atoms with van der Waals surface area (Å²) < 4.78 is 1.45. The Kier molecular flexibility index (Phi) is 2.72. The van der Waals surface area contributed by atoms with Gasteiger partial charge in [-0.25, -0.2) is 9.78 Å². The number of primary amides is 1. The van der Waals surface area contributed by atoms with E-state index in [1.165, 1.54) is 23.0 Å². The molecule has 0 unspecified atom stereocenters. The molecule has 1 heterocycles. The molecule has 7 heteroatoms. The summed E-state index contributed by atoms with van der Waals surface area (Å²) in [6.07, 6.45) is 1.35. The van der Waals surface area contributed by atoms with E-state index in [1.54, 1.807) is 12.1 Å². The monoisotopic (exact) mass is 246 g/mol. The molecule has 18 heavy (non-hydrogen) atoms. The fraction of sp³-hybridized carbons (Fsp3) is 0. The number of carboxylic acids is 1. The van der Waals surface area contributed by atoms with Crippen LogP contribution in [0.3, 0.4) is 0 Å². The van der Waals surface area contributed by atoms with Gasteiger partial charge in [-0.1, -0.05) is 0 Å². The molecule has 0 radical (unpaired) electrons. The molecule has 0 saturated carbocycles. The molecular weight excluding hydrogens is 236 g/mol. The van der Waals surface area contributed by atoms with Gasteiger partial charge in [-0.2, -0.15) is 0 Å². The molecule has 0 saturated heterocycles. The van der Waals surface area contributed by atoms with Gasteiger partial charge in [0.1, 0.15) is 12.1 Å². The number of hydrogen-bond donors (Lipinski definition) is 3. The van der Waals surface area contributed by atoms with E-state index in [2.05, 4.69) is 4.98 Å². The van der Waals surface area contributed by atoms with E-state index in [4.69, 9.17) is 16.6 Å². The van der Waals surface area contributed by atoms with Crippen molar-refractivity contribution < 1.29 is 14.7 Å². The Balaban J connectivity index is 2.43. The first-order valence-electron chi connectivity index (χ1n) is 4.97. The standard InChI is InChI=1S/C11H10N4O3/c12-9-8(10(13)16)14-5-15(9)7-3-1-6(2-4-7)11(17)18/h1-5H,12H2,(H2,13,16)(H,17,18). The van der Waals surface area contributed by atoms with Crippen LogP contribution in [0.15, 0.2) is 30.6 Å². The van der Waals surface area contributed by atoms with Crippen LogP contribution in [0.4, 0.5) is 5.82 Å². The molecule has 1 amide bonds. The van der Waals surface area contributed by atoms with E-state index in [0.717, 1.165) is 0 Å².